The highest BCUT2D eigenvalue weighted by Crippen LogP contribution is 2.34. The summed E-state index contributed by atoms with van der Waals surface area (Å²) >= 11 is 0. The summed E-state index contributed by atoms with van der Waals surface area (Å²) in [4.78, 5) is 10.8. The highest BCUT2D eigenvalue weighted by atomic mass is 16.4. The van der Waals surface area contributed by atoms with E-state index in [1.807, 2.05) is 0 Å². The molecule has 1 aliphatic carbocycles. The van der Waals surface area contributed by atoms with Gasteiger partial charge in [0.1, 0.15) is 0 Å². The summed E-state index contributed by atoms with van der Waals surface area (Å²) in [5.41, 5.74) is -0.0780. The summed E-state index contributed by atoms with van der Waals surface area (Å²) in [6.45, 7) is 6.16. The second kappa shape index (κ2) is 5.04. The molecule has 1 aliphatic rings. The zero-order chi connectivity index (χ0) is 12.3. The highest BCUT2D eigenvalue weighted by molar-refractivity contribution is 5.65. The van der Waals surface area contributed by atoms with E-state index < -0.39 is 6.09 Å². The number of hydrogen-bond donors (Lipinski definition) is 3. The molecule has 4 nitrogen and oxygen atoms in total. The predicted molar refractivity (Wildman–Crippen MR) is 62.4 cm³/mol. The Bertz CT molecular complexity index is 239. The molecule has 94 valence electrons. The van der Waals surface area contributed by atoms with Crippen LogP contribution in [-0.4, -0.2) is 28.5 Å². The maximum absolute atomic E-state index is 10.8. The van der Waals surface area contributed by atoms with Crippen LogP contribution in [0.3, 0.4) is 0 Å². The first-order chi connectivity index (χ1) is 7.30. The molecule has 1 rings (SSSR count). The minimum absolute atomic E-state index is 0.0301. The molecule has 0 radical (unpaired) electrons. The van der Waals surface area contributed by atoms with Crippen molar-refractivity contribution in [1.82, 2.24) is 5.32 Å². The van der Waals surface area contributed by atoms with Crippen LogP contribution >= 0.6 is 0 Å². The van der Waals surface area contributed by atoms with Crippen molar-refractivity contribution in [3.05, 3.63) is 0 Å². The molecule has 1 atom stereocenters. The Morgan fingerprint density at radius 1 is 1.25 bits per heavy atom. The average Bonchev–Trinajstić information content (AvgIpc) is 2.14. The van der Waals surface area contributed by atoms with E-state index in [2.05, 4.69) is 26.1 Å². The van der Waals surface area contributed by atoms with Crippen molar-refractivity contribution < 1.29 is 15.0 Å². The third-order valence-corrected chi connectivity index (χ3v) is 3.42. The Morgan fingerprint density at radius 3 is 2.12 bits per heavy atom. The molecular formula is C12H23NO3. The van der Waals surface area contributed by atoms with Crippen LogP contribution in [0.4, 0.5) is 4.79 Å². The lowest BCUT2D eigenvalue weighted by atomic mass is 9.72. The molecule has 1 fully saturated rings. The van der Waals surface area contributed by atoms with Gasteiger partial charge in [-0.25, -0.2) is 4.79 Å². The fourth-order valence-electron chi connectivity index (χ4n) is 2.61. The Morgan fingerprint density at radius 2 is 1.75 bits per heavy atom. The molecule has 1 unspecified atom stereocenters. The summed E-state index contributed by atoms with van der Waals surface area (Å²) < 4.78 is 0. The van der Waals surface area contributed by atoms with Crippen molar-refractivity contribution in [2.45, 2.75) is 58.6 Å². The molecule has 1 saturated carbocycles. The van der Waals surface area contributed by atoms with Gasteiger partial charge in [0, 0.05) is 6.04 Å². The molecule has 0 aromatic rings. The van der Waals surface area contributed by atoms with E-state index in [-0.39, 0.29) is 17.6 Å². The van der Waals surface area contributed by atoms with E-state index in [4.69, 9.17) is 5.11 Å². The monoisotopic (exact) mass is 229 g/mol. The van der Waals surface area contributed by atoms with Crippen LogP contribution in [0, 0.1) is 11.3 Å². The molecule has 0 saturated heterocycles. The lowest BCUT2D eigenvalue weighted by molar-refractivity contribution is 0.0743. The molecule has 0 aromatic heterocycles. The van der Waals surface area contributed by atoms with Crippen molar-refractivity contribution in [1.29, 1.82) is 0 Å². The van der Waals surface area contributed by atoms with Crippen LogP contribution in [-0.2, 0) is 0 Å². The summed E-state index contributed by atoms with van der Waals surface area (Å²) in [5.74, 6) is 0.347. The Kier molecular flexibility index (Phi) is 4.19. The predicted octanol–water partition coefficient (Wildman–Crippen LogP) is 2.22. The fourth-order valence-corrected chi connectivity index (χ4v) is 2.61. The number of hydrogen-bond acceptors (Lipinski definition) is 2. The lowest BCUT2D eigenvalue weighted by Crippen LogP contribution is -2.49. The molecule has 0 heterocycles. The van der Waals surface area contributed by atoms with Crippen LogP contribution in [0.1, 0.15) is 46.5 Å². The van der Waals surface area contributed by atoms with Gasteiger partial charge in [-0.3, -0.25) is 0 Å². The van der Waals surface area contributed by atoms with Crippen LogP contribution < -0.4 is 5.32 Å². The van der Waals surface area contributed by atoms with Crippen LogP contribution in [0.25, 0.3) is 0 Å². The molecule has 0 bridgehead atoms. The minimum atomic E-state index is -0.953. The SMILES string of the molecule is CC(C)(C)C(NC(=O)O)[C@H]1CC[C@H](O)CC1. The van der Waals surface area contributed by atoms with Gasteiger partial charge in [0.05, 0.1) is 6.10 Å². The summed E-state index contributed by atoms with van der Waals surface area (Å²) in [7, 11) is 0. The van der Waals surface area contributed by atoms with Crippen molar-refractivity contribution in [3.63, 3.8) is 0 Å². The number of carbonyl (C=O) groups is 1. The van der Waals surface area contributed by atoms with Gasteiger partial charge in [0.15, 0.2) is 0 Å². The van der Waals surface area contributed by atoms with Gasteiger partial charge in [0.2, 0.25) is 0 Å². The highest BCUT2D eigenvalue weighted by Gasteiger charge is 2.35. The second-order valence-corrected chi connectivity index (χ2v) is 5.86. The lowest BCUT2D eigenvalue weighted by Gasteiger charge is -2.39. The van der Waals surface area contributed by atoms with E-state index in [1.165, 1.54) is 0 Å². The molecule has 3 N–H and O–H groups in total. The number of amides is 1. The standard InChI is InChI=1S/C12H23NO3/c1-12(2,3)10(13-11(15)16)8-4-6-9(14)7-5-8/h8-10,13-14H,4-7H2,1-3H3,(H,15,16)/t8-,9-,10?. The smallest absolute Gasteiger partial charge is 0.404 e. The average molecular weight is 229 g/mol. The second-order valence-electron chi connectivity index (χ2n) is 5.86. The third-order valence-electron chi connectivity index (χ3n) is 3.42. The first kappa shape index (κ1) is 13.3. The molecule has 4 heteroatoms. The zero-order valence-corrected chi connectivity index (χ0v) is 10.4. The maximum Gasteiger partial charge on any atom is 0.404 e. The van der Waals surface area contributed by atoms with Gasteiger partial charge >= 0.3 is 6.09 Å². The van der Waals surface area contributed by atoms with E-state index in [1.54, 1.807) is 0 Å². The normalized spacial score (nSPS) is 28.5. The number of aliphatic hydroxyl groups excluding tert-OH is 1. The zero-order valence-electron chi connectivity index (χ0n) is 10.4. The van der Waals surface area contributed by atoms with Crippen molar-refractivity contribution in [3.8, 4) is 0 Å². The molecular weight excluding hydrogens is 206 g/mol. The van der Waals surface area contributed by atoms with Gasteiger partial charge in [-0.05, 0) is 37.0 Å². The Labute approximate surface area is 97.0 Å². The maximum atomic E-state index is 10.8. The number of rotatable bonds is 2. The summed E-state index contributed by atoms with van der Waals surface area (Å²) in [5, 5.41) is 21.0. The van der Waals surface area contributed by atoms with Gasteiger partial charge < -0.3 is 15.5 Å². The van der Waals surface area contributed by atoms with E-state index in [0.717, 1.165) is 25.7 Å². The molecule has 1 amide bonds. The number of carboxylic acid groups (broad SMARTS) is 1. The van der Waals surface area contributed by atoms with E-state index in [0.29, 0.717) is 5.92 Å². The van der Waals surface area contributed by atoms with Crippen LogP contribution in [0.15, 0.2) is 0 Å². The molecule has 16 heavy (non-hydrogen) atoms. The number of nitrogens with one attached hydrogen (secondary N) is 1. The van der Waals surface area contributed by atoms with Gasteiger partial charge in [-0.1, -0.05) is 20.8 Å². The summed E-state index contributed by atoms with van der Waals surface area (Å²) in [6, 6.07) is -0.0301. The number of aliphatic hydroxyl groups is 1. The van der Waals surface area contributed by atoms with Crippen molar-refractivity contribution in [2.75, 3.05) is 0 Å². The first-order valence-electron chi connectivity index (χ1n) is 5.98. The molecule has 0 aliphatic heterocycles. The fraction of sp³-hybridized carbons (Fsp3) is 0.917. The van der Waals surface area contributed by atoms with Crippen LogP contribution in [0.2, 0.25) is 0 Å². The van der Waals surface area contributed by atoms with Gasteiger partial charge in [0.25, 0.3) is 0 Å². The molecule has 0 spiro atoms. The Balaban J connectivity index is 2.65. The summed E-state index contributed by atoms with van der Waals surface area (Å²) in [6.07, 6.45) is 2.25. The minimum Gasteiger partial charge on any atom is -0.465 e. The topological polar surface area (TPSA) is 69.6 Å². The first-order valence-corrected chi connectivity index (χ1v) is 5.98. The third kappa shape index (κ3) is 3.67. The van der Waals surface area contributed by atoms with Crippen molar-refractivity contribution >= 4 is 6.09 Å². The van der Waals surface area contributed by atoms with E-state index in [9.17, 15) is 9.90 Å². The van der Waals surface area contributed by atoms with E-state index >= 15 is 0 Å². The largest absolute Gasteiger partial charge is 0.465 e. The van der Waals surface area contributed by atoms with Gasteiger partial charge in [-0.15, -0.1) is 0 Å². The quantitative estimate of drug-likeness (QED) is 0.680. The molecule has 0 aromatic carbocycles. The van der Waals surface area contributed by atoms with Crippen molar-refractivity contribution in [2.24, 2.45) is 11.3 Å². The Hall–Kier alpha value is -0.770. The van der Waals surface area contributed by atoms with Crippen LogP contribution in [0.5, 0.6) is 0 Å². The van der Waals surface area contributed by atoms with Gasteiger partial charge in [-0.2, -0.15) is 0 Å².